The number of carbonyl (C=O) groups excluding carboxylic acids is 1. The van der Waals surface area contributed by atoms with E-state index in [-0.39, 0.29) is 5.91 Å². The molecule has 0 aliphatic heterocycles. The van der Waals surface area contributed by atoms with E-state index in [1.165, 1.54) is 57.8 Å². The number of ether oxygens (including phenoxy) is 2. The molecule has 1 aromatic carbocycles. The maximum atomic E-state index is 12.1. The summed E-state index contributed by atoms with van der Waals surface area (Å²) in [7, 11) is 1.63. The zero-order valence-corrected chi connectivity index (χ0v) is 21.3. The van der Waals surface area contributed by atoms with Crippen LogP contribution in [-0.4, -0.2) is 24.7 Å². The van der Waals surface area contributed by atoms with E-state index in [1.807, 2.05) is 18.2 Å². The summed E-state index contributed by atoms with van der Waals surface area (Å²) in [6, 6.07) is 5.80. The van der Waals surface area contributed by atoms with Crippen molar-refractivity contribution in [2.45, 2.75) is 104 Å². The van der Waals surface area contributed by atoms with Crippen LogP contribution in [0.3, 0.4) is 0 Å². The lowest BCUT2D eigenvalue weighted by atomic mass is 10.1. The maximum Gasteiger partial charge on any atom is 0.226 e. The molecule has 0 spiro atoms. The molecule has 0 aliphatic rings. The van der Waals surface area contributed by atoms with Gasteiger partial charge in [-0.2, -0.15) is 0 Å². The van der Waals surface area contributed by atoms with Crippen LogP contribution < -0.4 is 20.1 Å². The summed E-state index contributed by atoms with van der Waals surface area (Å²) in [4.78, 5) is 12.1. The zero-order chi connectivity index (χ0) is 23.4. The predicted molar refractivity (Wildman–Crippen MR) is 137 cm³/mol. The Hall–Kier alpha value is -1.82. The Labute approximate surface area is 201 Å². The smallest absolute Gasteiger partial charge is 0.226 e. The van der Waals surface area contributed by atoms with Gasteiger partial charge >= 0.3 is 0 Å². The second-order valence-electron chi connectivity index (χ2n) is 8.35. The van der Waals surface area contributed by atoms with Crippen LogP contribution in [0.25, 0.3) is 0 Å². The lowest BCUT2D eigenvalue weighted by Gasteiger charge is -2.13. The number of thiocarbonyl (C=S) groups is 1. The first-order valence-electron chi connectivity index (χ1n) is 12.5. The van der Waals surface area contributed by atoms with Crippen LogP contribution in [0.15, 0.2) is 18.2 Å². The number of carbonyl (C=O) groups is 1. The first-order valence-corrected chi connectivity index (χ1v) is 12.9. The third-order valence-electron chi connectivity index (χ3n) is 5.40. The van der Waals surface area contributed by atoms with E-state index in [1.54, 1.807) is 7.11 Å². The van der Waals surface area contributed by atoms with Gasteiger partial charge in [-0.3, -0.25) is 4.79 Å². The highest BCUT2D eigenvalue weighted by Crippen LogP contribution is 2.28. The fourth-order valence-electron chi connectivity index (χ4n) is 3.52. The Balaban J connectivity index is 2.12. The van der Waals surface area contributed by atoms with Crippen molar-refractivity contribution in [3.8, 4) is 11.5 Å². The topological polar surface area (TPSA) is 59.6 Å². The van der Waals surface area contributed by atoms with E-state index in [0.29, 0.717) is 30.4 Å². The van der Waals surface area contributed by atoms with E-state index in [0.717, 1.165) is 30.6 Å². The number of methoxy groups -OCH3 is 1. The Morgan fingerprint density at radius 2 is 1.50 bits per heavy atom. The van der Waals surface area contributed by atoms with Crippen LogP contribution in [-0.2, 0) is 11.3 Å². The minimum absolute atomic E-state index is 0.0145. The molecule has 0 unspecified atom stereocenters. The number of benzene rings is 1. The highest BCUT2D eigenvalue weighted by atomic mass is 32.1. The molecular formula is C26H44N2O3S. The Kier molecular flexibility index (Phi) is 16.5. The fraction of sp³-hybridized carbons (Fsp3) is 0.692. The quantitative estimate of drug-likeness (QED) is 0.187. The predicted octanol–water partition coefficient (Wildman–Crippen LogP) is 6.68. The Morgan fingerprint density at radius 1 is 0.875 bits per heavy atom. The molecule has 0 atom stereocenters. The maximum absolute atomic E-state index is 12.1. The van der Waals surface area contributed by atoms with Crippen LogP contribution in [0.5, 0.6) is 11.5 Å². The number of hydrogen-bond donors (Lipinski definition) is 2. The molecule has 0 fully saturated rings. The minimum Gasteiger partial charge on any atom is -0.493 e. The summed E-state index contributed by atoms with van der Waals surface area (Å²) in [5.74, 6) is 1.42. The van der Waals surface area contributed by atoms with Gasteiger partial charge in [0.15, 0.2) is 16.6 Å². The summed E-state index contributed by atoms with van der Waals surface area (Å²) in [5, 5.41) is 6.23. The number of nitrogens with one attached hydrogen (secondary N) is 2. The van der Waals surface area contributed by atoms with Crippen molar-refractivity contribution in [1.29, 1.82) is 0 Å². The molecule has 2 N–H and O–H groups in total. The van der Waals surface area contributed by atoms with Crippen molar-refractivity contribution in [1.82, 2.24) is 10.6 Å². The van der Waals surface area contributed by atoms with Crippen LogP contribution in [0.1, 0.15) is 103 Å². The van der Waals surface area contributed by atoms with Crippen molar-refractivity contribution in [3.05, 3.63) is 23.8 Å². The molecule has 1 aromatic rings. The van der Waals surface area contributed by atoms with Gasteiger partial charge in [-0.1, -0.05) is 84.1 Å². The molecule has 32 heavy (non-hydrogen) atoms. The van der Waals surface area contributed by atoms with Gasteiger partial charge in [0.25, 0.3) is 0 Å². The monoisotopic (exact) mass is 464 g/mol. The van der Waals surface area contributed by atoms with Gasteiger partial charge in [-0.15, -0.1) is 0 Å². The molecule has 0 aliphatic carbocycles. The summed E-state index contributed by atoms with van der Waals surface area (Å²) in [5.41, 5.74) is 1.01. The van der Waals surface area contributed by atoms with Gasteiger partial charge in [0.2, 0.25) is 5.91 Å². The van der Waals surface area contributed by atoms with Gasteiger partial charge in [-0.05, 0) is 42.8 Å². The van der Waals surface area contributed by atoms with Crippen molar-refractivity contribution in [2.24, 2.45) is 0 Å². The molecule has 1 rings (SSSR count). The fourth-order valence-corrected chi connectivity index (χ4v) is 3.70. The molecule has 0 bridgehead atoms. The minimum atomic E-state index is -0.0145. The van der Waals surface area contributed by atoms with E-state index < -0.39 is 0 Å². The summed E-state index contributed by atoms with van der Waals surface area (Å²) in [6.07, 6.45) is 15.5. The summed E-state index contributed by atoms with van der Waals surface area (Å²) in [6.45, 7) is 5.49. The number of hydrogen-bond acceptors (Lipinski definition) is 4. The lowest BCUT2D eigenvalue weighted by molar-refractivity contribution is -0.119. The molecule has 0 aromatic heterocycles. The van der Waals surface area contributed by atoms with Crippen molar-refractivity contribution >= 4 is 23.2 Å². The first-order chi connectivity index (χ1) is 15.6. The van der Waals surface area contributed by atoms with Crippen LogP contribution in [0, 0.1) is 0 Å². The SMILES string of the molecule is CCCCCCCCCCCCCC(=O)NC(=S)NCc1ccc(OCCC)c(OC)c1. The van der Waals surface area contributed by atoms with Crippen LogP contribution in [0.4, 0.5) is 0 Å². The van der Waals surface area contributed by atoms with Crippen molar-refractivity contribution < 1.29 is 14.3 Å². The Bertz CT molecular complexity index is 652. The number of rotatable bonds is 18. The molecule has 0 heterocycles. The van der Waals surface area contributed by atoms with Crippen molar-refractivity contribution in [2.75, 3.05) is 13.7 Å². The third kappa shape index (κ3) is 13.6. The Morgan fingerprint density at radius 3 is 2.09 bits per heavy atom. The van der Waals surface area contributed by atoms with Crippen molar-refractivity contribution in [3.63, 3.8) is 0 Å². The van der Waals surface area contributed by atoms with Gasteiger partial charge < -0.3 is 20.1 Å². The first kappa shape index (κ1) is 28.2. The van der Waals surface area contributed by atoms with Crippen LogP contribution >= 0.6 is 12.2 Å². The third-order valence-corrected chi connectivity index (χ3v) is 5.65. The molecule has 0 saturated heterocycles. The highest BCUT2D eigenvalue weighted by molar-refractivity contribution is 7.80. The van der Waals surface area contributed by atoms with Gasteiger partial charge in [-0.25, -0.2) is 0 Å². The molecule has 5 nitrogen and oxygen atoms in total. The summed E-state index contributed by atoms with van der Waals surface area (Å²) < 4.78 is 11.1. The molecule has 6 heteroatoms. The van der Waals surface area contributed by atoms with Gasteiger partial charge in [0.05, 0.1) is 13.7 Å². The molecule has 182 valence electrons. The second kappa shape index (κ2) is 18.7. The normalized spacial score (nSPS) is 10.6. The average molecular weight is 465 g/mol. The van der Waals surface area contributed by atoms with E-state index >= 15 is 0 Å². The average Bonchev–Trinajstić information content (AvgIpc) is 2.80. The molecule has 0 saturated carbocycles. The lowest BCUT2D eigenvalue weighted by Crippen LogP contribution is -2.38. The molecular weight excluding hydrogens is 420 g/mol. The van der Waals surface area contributed by atoms with Gasteiger partial charge in [0.1, 0.15) is 0 Å². The molecule has 1 amide bonds. The van der Waals surface area contributed by atoms with E-state index in [2.05, 4.69) is 24.5 Å². The molecule has 0 radical (unpaired) electrons. The standard InChI is InChI=1S/C26H44N2O3S/c1-4-6-7-8-9-10-11-12-13-14-15-16-25(29)28-26(32)27-21-22-17-18-23(31-19-5-2)24(20-22)30-3/h17-18,20H,4-16,19,21H2,1-3H3,(H2,27,28,29,32). The van der Waals surface area contributed by atoms with Gasteiger partial charge in [0, 0.05) is 13.0 Å². The number of amides is 1. The highest BCUT2D eigenvalue weighted by Gasteiger charge is 2.08. The second-order valence-corrected chi connectivity index (χ2v) is 8.76. The summed E-state index contributed by atoms with van der Waals surface area (Å²) >= 11 is 5.26. The number of unbranched alkanes of at least 4 members (excludes halogenated alkanes) is 10. The van der Waals surface area contributed by atoms with Crippen LogP contribution in [0.2, 0.25) is 0 Å². The largest absolute Gasteiger partial charge is 0.493 e. The van der Waals surface area contributed by atoms with E-state index in [4.69, 9.17) is 21.7 Å². The van der Waals surface area contributed by atoms with E-state index in [9.17, 15) is 4.79 Å². The zero-order valence-electron chi connectivity index (χ0n) is 20.5.